The van der Waals surface area contributed by atoms with E-state index in [4.69, 9.17) is 0 Å². The molecule has 1 atom stereocenters. The fraction of sp³-hybridized carbons (Fsp3) is 0.533. The molecule has 0 bridgehead atoms. The van der Waals surface area contributed by atoms with Crippen LogP contribution in [0.2, 0.25) is 0 Å². The number of nitrogens with one attached hydrogen (secondary N) is 1. The van der Waals surface area contributed by atoms with Crippen molar-refractivity contribution < 1.29 is 0 Å². The van der Waals surface area contributed by atoms with Gasteiger partial charge in [0.1, 0.15) is 0 Å². The second-order valence-electron chi connectivity index (χ2n) is 5.52. The summed E-state index contributed by atoms with van der Waals surface area (Å²) in [6.07, 6.45) is 0.940. The van der Waals surface area contributed by atoms with Crippen LogP contribution in [0.25, 0.3) is 0 Å². The maximum atomic E-state index is 4.15. The third kappa shape index (κ3) is 4.13. The van der Waals surface area contributed by atoms with Crippen LogP contribution in [0.4, 0.5) is 0 Å². The summed E-state index contributed by atoms with van der Waals surface area (Å²) in [5, 5.41) is 15.5. The Morgan fingerprint density at radius 2 is 1.90 bits per heavy atom. The standard InChI is InChI=1S/C15H23N5/c1-12(2)11-16-13(3)15-17-18-19-20(15)10-9-14-7-5-4-6-8-14/h4-8,12-13,16H,9-11H2,1-3H3. The number of aryl methyl sites for hydroxylation is 2. The van der Waals surface area contributed by atoms with E-state index in [0.717, 1.165) is 25.3 Å². The topological polar surface area (TPSA) is 55.6 Å². The van der Waals surface area contributed by atoms with Gasteiger partial charge in [0.05, 0.1) is 6.04 Å². The van der Waals surface area contributed by atoms with Crippen LogP contribution in [0, 0.1) is 5.92 Å². The normalized spacial score (nSPS) is 12.8. The minimum absolute atomic E-state index is 0.170. The second kappa shape index (κ2) is 7.14. The lowest BCUT2D eigenvalue weighted by Gasteiger charge is -2.15. The van der Waals surface area contributed by atoms with Crippen LogP contribution in [0.5, 0.6) is 0 Å². The van der Waals surface area contributed by atoms with E-state index in [2.05, 4.69) is 65.9 Å². The predicted octanol–water partition coefficient (Wildman–Crippen LogP) is 2.22. The molecule has 1 N–H and O–H groups in total. The van der Waals surface area contributed by atoms with Crippen molar-refractivity contribution in [2.75, 3.05) is 6.54 Å². The van der Waals surface area contributed by atoms with Crippen LogP contribution in [0.1, 0.15) is 38.2 Å². The molecule has 1 heterocycles. The fourth-order valence-electron chi connectivity index (χ4n) is 2.06. The van der Waals surface area contributed by atoms with E-state index < -0.39 is 0 Å². The molecule has 2 rings (SSSR count). The van der Waals surface area contributed by atoms with Gasteiger partial charge in [-0.2, -0.15) is 0 Å². The van der Waals surface area contributed by atoms with E-state index in [1.54, 1.807) is 0 Å². The van der Waals surface area contributed by atoms with Crippen molar-refractivity contribution in [1.82, 2.24) is 25.5 Å². The summed E-state index contributed by atoms with van der Waals surface area (Å²) in [6, 6.07) is 10.6. The molecule has 0 radical (unpaired) electrons. The monoisotopic (exact) mass is 273 g/mol. The summed E-state index contributed by atoms with van der Waals surface area (Å²) >= 11 is 0. The highest BCUT2D eigenvalue weighted by molar-refractivity contribution is 5.14. The molecule has 0 aliphatic rings. The van der Waals surface area contributed by atoms with Gasteiger partial charge < -0.3 is 5.32 Å². The quantitative estimate of drug-likeness (QED) is 0.840. The summed E-state index contributed by atoms with van der Waals surface area (Å²) in [5.41, 5.74) is 1.30. The Labute approximate surface area is 120 Å². The lowest BCUT2D eigenvalue weighted by molar-refractivity contribution is 0.453. The fourth-order valence-corrected chi connectivity index (χ4v) is 2.06. The van der Waals surface area contributed by atoms with E-state index in [0.29, 0.717) is 5.92 Å². The zero-order valence-corrected chi connectivity index (χ0v) is 12.5. The number of nitrogens with zero attached hydrogens (tertiary/aromatic N) is 4. The summed E-state index contributed by atoms with van der Waals surface area (Å²) < 4.78 is 1.89. The minimum atomic E-state index is 0.170. The first-order valence-corrected chi connectivity index (χ1v) is 7.20. The molecule has 5 heteroatoms. The number of aromatic nitrogens is 4. The number of benzene rings is 1. The average Bonchev–Trinajstić information content (AvgIpc) is 2.92. The van der Waals surface area contributed by atoms with Crippen molar-refractivity contribution in [3.63, 3.8) is 0 Å². The Balaban J connectivity index is 1.94. The van der Waals surface area contributed by atoms with Crippen molar-refractivity contribution in [3.8, 4) is 0 Å². The molecule has 2 aromatic rings. The molecule has 0 fully saturated rings. The zero-order valence-electron chi connectivity index (χ0n) is 12.5. The summed E-state index contributed by atoms with van der Waals surface area (Å²) in [5.74, 6) is 1.52. The highest BCUT2D eigenvalue weighted by Crippen LogP contribution is 2.09. The maximum absolute atomic E-state index is 4.15. The minimum Gasteiger partial charge on any atom is -0.307 e. The Morgan fingerprint density at radius 1 is 1.15 bits per heavy atom. The molecular weight excluding hydrogens is 250 g/mol. The highest BCUT2D eigenvalue weighted by Gasteiger charge is 2.14. The number of rotatable bonds is 7. The van der Waals surface area contributed by atoms with E-state index in [1.807, 2.05) is 10.7 Å². The van der Waals surface area contributed by atoms with Crippen LogP contribution in [0.15, 0.2) is 30.3 Å². The van der Waals surface area contributed by atoms with Crippen LogP contribution in [-0.4, -0.2) is 26.8 Å². The van der Waals surface area contributed by atoms with Crippen molar-refractivity contribution in [3.05, 3.63) is 41.7 Å². The van der Waals surface area contributed by atoms with E-state index in [-0.39, 0.29) is 6.04 Å². The predicted molar refractivity (Wildman–Crippen MR) is 79.2 cm³/mol. The third-order valence-electron chi connectivity index (χ3n) is 3.23. The highest BCUT2D eigenvalue weighted by atomic mass is 15.5. The van der Waals surface area contributed by atoms with Gasteiger partial charge >= 0.3 is 0 Å². The molecule has 108 valence electrons. The van der Waals surface area contributed by atoms with Gasteiger partial charge in [0.2, 0.25) is 0 Å². The molecule has 1 aromatic heterocycles. The Bertz CT molecular complexity index is 506. The second-order valence-corrected chi connectivity index (χ2v) is 5.52. The van der Waals surface area contributed by atoms with Gasteiger partial charge in [-0.25, -0.2) is 4.68 Å². The molecule has 0 saturated carbocycles. The van der Waals surface area contributed by atoms with Crippen molar-refractivity contribution >= 4 is 0 Å². The molecule has 1 unspecified atom stereocenters. The van der Waals surface area contributed by atoms with Crippen LogP contribution in [-0.2, 0) is 13.0 Å². The lowest BCUT2D eigenvalue weighted by atomic mass is 10.1. The van der Waals surface area contributed by atoms with Crippen LogP contribution < -0.4 is 5.32 Å². The van der Waals surface area contributed by atoms with Crippen LogP contribution >= 0.6 is 0 Å². The Morgan fingerprint density at radius 3 is 2.60 bits per heavy atom. The molecule has 0 aliphatic heterocycles. The molecule has 0 spiro atoms. The van der Waals surface area contributed by atoms with Crippen molar-refractivity contribution in [2.24, 2.45) is 5.92 Å². The lowest BCUT2D eigenvalue weighted by Crippen LogP contribution is -2.26. The Kier molecular flexibility index (Phi) is 5.24. The third-order valence-corrected chi connectivity index (χ3v) is 3.23. The zero-order chi connectivity index (χ0) is 14.4. The Hall–Kier alpha value is -1.75. The average molecular weight is 273 g/mol. The smallest absolute Gasteiger partial charge is 0.167 e. The molecule has 0 amide bonds. The van der Waals surface area contributed by atoms with Crippen molar-refractivity contribution in [1.29, 1.82) is 0 Å². The summed E-state index contributed by atoms with van der Waals surface area (Å²) in [6.45, 7) is 8.26. The molecule has 5 nitrogen and oxygen atoms in total. The molecular formula is C15H23N5. The first-order chi connectivity index (χ1) is 9.66. The molecule has 1 aromatic carbocycles. The van der Waals surface area contributed by atoms with E-state index >= 15 is 0 Å². The molecule has 0 saturated heterocycles. The summed E-state index contributed by atoms with van der Waals surface area (Å²) in [7, 11) is 0. The van der Waals surface area contributed by atoms with Gasteiger partial charge in [-0.15, -0.1) is 5.10 Å². The molecule has 0 aliphatic carbocycles. The van der Waals surface area contributed by atoms with Gasteiger partial charge in [-0.05, 0) is 41.8 Å². The van der Waals surface area contributed by atoms with Gasteiger partial charge in [0.15, 0.2) is 5.82 Å². The van der Waals surface area contributed by atoms with Gasteiger partial charge in [-0.3, -0.25) is 0 Å². The first-order valence-electron chi connectivity index (χ1n) is 7.20. The van der Waals surface area contributed by atoms with Gasteiger partial charge in [0.25, 0.3) is 0 Å². The number of hydrogen-bond acceptors (Lipinski definition) is 4. The van der Waals surface area contributed by atoms with E-state index in [1.165, 1.54) is 5.56 Å². The maximum Gasteiger partial charge on any atom is 0.167 e. The number of tetrazole rings is 1. The number of hydrogen-bond donors (Lipinski definition) is 1. The largest absolute Gasteiger partial charge is 0.307 e. The molecule has 20 heavy (non-hydrogen) atoms. The van der Waals surface area contributed by atoms with Gasteiger partial charge in [-0.1, -0.05) is 44.2 Å². The van der Waals surface area contributed by atoms with Gasteiger partial charge in [0, 0.05) is 6.54 Å². The van der Waals surface area contributed by atoms with Crippen molar-refractivity contribution in [2.45, 2.75) is 39.8 Å². The first kappa shape index (κ1) is 14.7. The van der Waals surface area contributed by atoms with Crippen LogP contribution in [0.3, 0.4) is 0 Å². The van der Waals surface area contributed by atoms with E-state index in [9.17, 15) is 0 Å². The SMILES string of the molecule is CC(C)CNC(C)c1nnnn1CCc1ccccc1. The summed E-state index contributed by atoms with van der Waals surface area (Å²) in [4.78, 5) is 0.